The normalized spacial score (nSPS) is 11.5. The molecule has 0 radical (unpaired) electrons. The zero-order valence-electron chi connectivity index (χ0n) is 36.4. The van der Waals surface area contributed by atoms with Crippen molar-refractivity contribution in [2.24, 2.45) is 0 Å². The average Bonchev–Trinajstić information content (AvgIpc) is 3.93. The number of para-hydroxylation sites is 5. The van der Waals surface area contributed by atoms with Crippen LogP contribution in [0.1, 0.15) is 13.8 Å². The molecular formula is C62H45N3. The monoisotopic (exact) mass is 831 g/mol. The van der Waals surface area contributed by atoms with Crippen molar-refractivity contribution < 1.29 is 0 Å². The number of nitrogens with zero attached hydrogens (tertiary/aromatic N) is 3. The van der Waals surface area contributed by atoms with Crippen LogP contribution in [0.5, 0.6) is 0 Å². The van der Waals surface area contributed by atoms with E-state index in [4.69, 9.17) is 0 Å². The lowest BCUT2D eigenvalue weighted by atomic mass is 9.89. The smallest absolute Gasteiger partial charge is 0.0626 e. The topological polar surface area (TPSA) is 13.1 Å². The first kappa shape index (κ1) is 38.3. The third kappa shape index (κ3) is 5.97. The summed E-state index contributed by atoms with van der Waals surface area (Å²) in [6, 6.07) is 86.1. The Balaban J connectivity index is 0.00000219. The van der Waals surface area contributed by atoms with Gasteiger partial charge in [0.25, 0.3) is 0 Å². The van der Waals surface area contributed by atoms with Crippen molar-refractivity contribution >= 4 is 93.0 Å². The van der Waals surface area contributed by atoms with Crippen molar-refractivity contribution in [3.8, 4) is 22.5 Å². The highest BCUT2D eigenvalue weighted by atomic mass is 15.1. The number of rotatable bonds is 6. The Labute approximate surface area is 378 Å². The molecule has 0 atom stereocenters. The molecule has 11 aromatic carbocycles. The summed E-state index contributed by atoms with van der Waals surface area (Å²) < 4.78 is 4.99. The van der Waals surface area contributed by atoms with Gasteiger partial charge in [-0.15, -0.1) is 0 Å². The van der Waals surface area contributed by atoms with Gasteiger partial charge in [-0.2, -0.15) is 0 Å². The Morgan fingerprint density at radius 2 is 0.600 bits per heavy atom. The number of anilines is 3. The molecular weight excluding hydrogens is 787 g/mol. The fourth-order valence-electron chi connectivity index (χ4n) is 10.4. The van der Waals surface area contributed by atoms with E-state index in [1.807, 2.05) is 13.8 Å². The highest BCUT2D eigenvalue weighted by Crippen LogP contribution is 2.50. The fraction of sp³-hybridized carbons (Fsp3) is 0.0323. The molecule has 3 heteroatoms. The molecule has 0 aliphatic carbocycles. The SMILES string of the molecule is CC.c1ccc(N(c2ccccc2)c2ccc(-c3ccc(-n4c5ccccc5c5c6c(c7ccccc7c7c6c6ccccc6n7-c6ccccc6)c6ccccc6c54)cc3)cc2)cc1. The Morgan fingerprint density at radius 3 is 1.06 bits per heavy atom. The van der Waals surface area contributed by atoms with E-state index in [0.29, 0.717) is 0 Å². The predicted octanol–water partition coefficient (Wildman–Crippen LogP) is 17.5. The molecule has 0 spiro atoms. The maximum absolute atomic E-state index is 2.51. The first-order valence-electron chi connectivity index (χ1n) is 22.7. The molecule has 308 valence electrons. The molecule has 0 fully saturated rings. The summed E-state index contributed by atoms with van der Waals surface area (Å²) in [7, 11) is 0. The number of hydrogen-bond acceptors (Lipinski definition) is 1. The minimum absolute atomic E-state index is 1.12. The van der Waals surface area contributed by atoms with Gasteiger partial charge >= 0.3 is 0 Å². The zero-order chi connectivity index (χ0) is 43.4. The minimum atomic E-state index is 1.12. The number of hydrogen-bond donors (Lipinski definition) is 0. The second kappa shape index (κ2) is 15.7. The van der Waals surface area contributed by atoms with Gasteiger partial charge in [-0.25, -0.2) is 0 Å². The summed E-state index contributed by atoms with van der Waals surface area (Å²) >= 11 is 0. The fourth-order valence-corrected chi connectivity index (χ4v) is 10.4. The van der Waals surface area contributed by atoms with Gasteiger partial charge in [-0.3, -0.25) is 0 Å². The molecule has 0 aliphatic rings. The summed E-state index contributed by atoms with van der Waals surface area (Å²) in [5.74, 6) is 0. The Kier molecular flexibility index (Phi) is 9.28. The number of fused-ring (bicyclic) bond motifs is 15. The predicted molar refractivity (Wildman–Crippen MR) is 279 cm³/mol. The maximum atomic E-state index is 2.51. The van der Waals surface area contributed by atoms with E-state index < -0.39 is 0 Å². The molecule has 0 saturated heterocycles. The lowest BCUT2D eigenvalue weighted by Gasteiger charge is -2.25. The lowest BCUT2D eigenvalue weighted by molar-refractivity contribution is 1.19. The highest BCUT2D eigenvalue weighted by Gasteiger charge is 2.26. The van der Waals surface area contributed by atoms with Crippen molar-refractivity contribution in [3.05, 3.63) is 237 Å². The van der Waals surface area contributed by atoms with Crippen LogP contribution in [-0.2, 0) is 0 Å². The molecule has 3 nitrogen and oxygen atoms in total. The van der Waals surface area contributed by atoms with E-state index >= 15 is 0 Å². The van der Waals surface area contributed by atoms with E-state index in [-0.39, 0.29) is 0 Å². The van der Waals surface area contributed by atoms with Crippen molar-refractivity contribution in [2.75, 3.05) is 4.90 Å². The molecule has 0 saturated carbocycles. The molecule has 13 rings (SSSR count). The van der Waals surface area contributed by atoms with Crippen LogP contribution >= 0.6 is 0 Å². The van der Waals surface area contributed by atoms with Gasteiger partial charge in [-0.05, 0) is 100 Å². The summed E-state index contributed by atoms with van der Waals surface area (Å²) in [5, 5.41) is 12.7. The number of aromatic nitrogens is 2. The van der Waals surface area contributed by atoms with Crippen LogP contribution in [0.15, 0.2) is 237 Å². The van der Waals surface area contributed by atoms with Crippen LogP contribution in [0, 0.1) is 0 Å². The standard InChI is InChI=1S/C60H39N3.C2H6/c1-4-18-42(19-5-1)61(43-20-6-2-7-21-43)45-36-32-40(33-37-45)41-34-38-46(39-35-41)63-54-31-17-15-29-52(54)57-58-55(48-25-11-13-27-50(48)60(57)63)47-24-10-12-26-49(47)59-56(58)51-28-14-16-30-53(51)62(59)44-22-8-3-9-23-44;1-2/h1-39H;1-2H3. The van der Waals surface area contributed by atoms with E-state index in [1.165, 1.54) is 87.1 Å². The average molecular weight is 832 g/mol. The van der Waals surface area contributed by atoms with Crippen molar-refractivity contribution in [1.82, 2.24) is 9.13 Å². The largest absolute Gasteiger partial charge is 0.311 e. The van der Waals surface area contributed by atoms with Gasteiger partial charge in [0.15, 0.2) is 0 Å². The molecule has 0 bridgehead atoms. The third-order valence-corrected chi connectivity index (χ3v) is 13.0. The third-order valence-electron chi connectivity index (χ3n) is 13.0. The van der Waals surface area contributed by atoms with Gasteiger partial charge < -0.3 is 14.0 Å². The Bertz CT molecular complexity index is 3830. The zero-order valence-corrected chi connectivity index (χ0v) is 36.4. The van der Waals surface area contributed by atoms with Crippen LogP contribution < -0.4 is 4.90 Å². The molecule has 0 amide bonds. The van der Waals surface area contributed by atoms with Gasteiger partial charge in [-0.1, -0.05) is 178 Å². The first-order valence-corrected chi connectivity index (χ1v) is 22.7. The summed E-state index contributed by atoms with van der Waals surface area (Å²) in [4.78, 5) is 2.30. The van der Waals surface area contributed by atoms with Gasteiger partial charge in [0.2, 0.25) is 0 Å². The van der Waals surface area contributed by atoms with E-state index in [0.717, 1.165) is 28.4 Å². The quantitative estimate of drug-likeness (QED) is 0.152. The molecule has 65 heavy (non-hydrogen) atoms. The van der Waals surface area contributed by atoms with E-state index in [2.05, 4.69) is 251 Å². The maximum Gasteiger partial charge on any atom is 0.0626 e. The second-order valence-corrected chi connectivity index (χ2v) is 16.4. The van der Waals surface area contributed by atoms with Gasteiger partial charge in [0.1, 0.15) is 0 Å². The first-order chi connectivity index (χ1) is 32.3. The molecule has 0 aliphatic heterocycles. The van der Waals surface area contributed by atoms with E-state index in [1.54, 1.807) is 0 Å². The highest BCUT2D eigenvalue weighted by molar-refractivity contribution is 6.45. The number of benzene rings is 11. The Hall–Kier alpha value is -8.40. The van der Waals surface area contributed by atoms with Crippen LogP contribution in [0.25, 0.3) is 98.4 Å². The lowest BCUT2D eigenvalue weighted by Crippen LogP contribution is -2.09. The molecule has 0 N–H and O–H groups in total. The van der Waals surface area contributed by atoms with Crippen LogP contribution in [0.4, 0.5) is 17.1 Å². The molecule has 2 aromatic heterocycles. The Morgan fingerprint density at radius 1 is 0.262 bits per heavy atom. The van der Waals surface area contributed by atoms with Crippen molar-refractivity contribution in [2.45, 2.75) is 13.8 Å². The summed E-state index contributed by atoms with van der Waals surface area (Å²) in [6.45, 7) is 4.00. The van der Waals surface area contributed by atoms with Gasteiger partial charge in [0.05, 0.1) is 22.1 Å². The second-order valence-electron chi connectivity index (χ2n) is 16.4. The van der Waals surface area contributed by atoms with Crippen molar-refractivity contribution in [1.29, 1.82) is 0 Å². The molecule has 0 unspecified atom stereocenters. The van der Waals surface area contributed by atoms with Crippen LogP contribution in [0.3, 0.4) is 0 Å². The van der Waals surface area contributed by atoms with Crippen LogP contribution in [-0.4, -0.2) is 9.13 Å². The summed E-state index contributed by atoms with van der Waals surface area (Å²) in [5.41, 5.74) is 12.9. The minimum Gasteiger partial charge on any atom is -0.311 e. The van der Waals surface area contributed by atoms with Gasteiger partial charge in [0, 0.05) is 66.1 Å². The molecule has 13 aromatic rings. The molecule has 2 heterocycles. The summed E-state index contributed by atoms with van der Waals surface area (Å²) in [6.07, 6.45) is 0. The van der Waals surface area contributed by atoms with E-state index in [9.17, 15) is 0 Å². The van der Waals surface area contributed by atoms with Crippen LogP contribution in [0.2, 0.25) is 0 Å². The van der Waals surface area contributed by atoms with Crippen molar-refractivity contribution in [3.63, 3.8) is 0 Å².